The summed E-state index contributed by atoms with van der Waals surface area (Å²) >= 11 is 0. The van der Waals surface area contributed by atoms with Crippen molar-refractivity contribution < 1.29 is 24.2 Å². The number of carboxylic acid groups (broad SMARTS) is 1. The molecule has 6 heteroatoms. The third-order valence-corrected chi connectivity index (χ3v) is 2.92. The summed E-state index contributed by atoms with van der Waals surface area (Å²) in [7, 11) is 4.70. The summed E-state index contributed by atoms with van der Waals surface area (Å²) < 4.78 is 12.0. The van der Waals surface area contributed by atoms with Crippen LogP contribution in [0.5, 0.6) is 11.5 Å². The van der Waals surface area contributed by atoms with Crippen molar-refractivity contribution in [1.82, 2.24) is 4.57 Å². The highest BCUT2D eigenvalue weighted by Gasteiger charge is 2.23. The smallest absolute Gasteiger partial charge is 0.377 e. The lowest BCUT2D eigenvalue weighted by Gasteiger charge is -2.07. The second kappa shape index (κ2) is 4.64. The summed E-state index contributed by atoms with van der Waals surface area (Å²) in [6.07, 6.45) is 1.48. The SMILES string of the molecule is COc1cc(OC)c2c(C(=O)C(=O)O)cn(C)c2c1. The molecule has 2 aromatic rings. The molecule has 1 aromatic heterocycles. The van der Waals surface area contributed by atoms with Crippen molar-refractivity contribution in [2.75, 3.05) is 14.2 Å². The van der Waals surface area contributed by atoms with E-state index in [1.807, 2.05) is 0 Å². The first-order chi connectivity index (χ1) is 8.99. The molecule has 0 aliphatic rings. The highest BCUT2D eigenvalue weighted by Crippen LogP contribution is 2.34. The van der Waals surface area contributed by atoms with E-state index in [0.717, 1.165) is 0 Å². The van der Waals surface area contributed by atoms with Crippen LogP contribution in [0.2, 0.25) is 0 Å². The van der Waals surface area contributed by atoms with E-state index in [2.05, 4.69) is 0 Å². The Morgan fingerprint density at radius 2 is 1.89 bits per heavy atom. The van der Waals surface area contributed by atoms with Gasteiger partial charge in [0.25, 0.3) is 5.78 Å². The first kappa shape index (κ1) is 12.9. The van der Waals surface area contributed by atoms with Gasteiger partial charge in [-0.1, -0.05) is 0 Å². The third-order valence-electron chi connectivity index (χ3n) is 2.92. The summed E-state index contributed by atoms with van der Waals surface area (Å²) in [6, 6.07) is 3.33. The van der Waals surface area contributed by atoms with Crippen LogP contribution < -0.4 is 9.47 Å². The van der Waals surface area contributed by atoms with Crippen molar-refractivity contribution in [2.45, 2.75) is 0 Å². The standard InChI is InChI=1S/C13H13NO5/c1-14-6-8(12(15)13(16)17)11-9(14)4-7(18-2)5-10(11)19-3/h4-6H,1-3H3,(H,16,17). The Morgan fingerprint density at radius 3 is 2.42 bits per heavy atom. The van der Waals surface area contributed by atoms with Crippen LogP contribution in [0.15, 0.2) is 18.3 Å². The number of methoxy groups -OCH3 is 2. The number of benzene rings is 1. The molecule has 0 saturated carbocycles. The Morgan fingerprint density at radius 1 is 1.21 bits per heavy atom. The highest BCUT2D eigenvalue weighted by molar-refractivity contribution is 6.42. The van der Waals surface area contributed by atoms with Gasteiger partial charge in [-0.2, -0.15) is 0 Å². The number of carboxylic acids is 1. The van der Waals surface area contributed by atoms with Crippen molar-refractivity contribution in [1.29, 1.82) is 0 Å². The fourth-order valence-electron chi connectivity index (χ4n) is 2.02. The lowest BCUT2D eigenvalue weighted by Crippen LogP contribution is -2.12. The number of ether oxygens (including phenoxy) is 2. The van der Waals surface area contributed by atoms with Crippen LogP contribution in [-0.4, -0.2) is 35.6 Å². The van der Waals surface area contributed by atoms with Crippen molar-refractivity contribution in [3.63, 3.8) is 0 Å². The molecule has 2 rings (SSSR count). The first-order valence-corrected chi connectivity index (χ1v) is 5.48. The first-order valence-electron chi connectivity index (χ1n) is 5.48. The van der Waals surface area contributed by atoms with E-state index in [9.17, 15) is 9.59 Å². The number of aryl methyl sites for hydroxylation is 1. The molecule has 0 aliphatic heterocycles. The van der Waals surface area contributed by atoms with Crippen LogP contribution >= 0.6 is 0 Å². The van der Waals surface area contributed by atoms with Gasteiger partial charge in [0.15, 0.2) is 0 Å². The van der Waals surface area contributed by atoms with E-state index < -0.39 is 11.8 Å². The molecule has 0 bridgehead atoms. The summed E-state index contributed by atoms with van der Waals surface area (Å²) in [4.78, 5) is 22.5. The maximum absolute atomic E-state index is 11.7. The molecule has 1 aromatic carbocycles. The second-order valence-corrected chi connectivity index (χ2v) is 4.01. The topological polar surface area (TPSA) is 77.8 Å². The molecule has 100 valence electrons. The molecule has 19 heavy (non-hydrogen) atoms. The van der Waals surface area contributed by atoms with Gasteiger partial charge in [0, 0.05) is 25.4 Å². The third kappa shape index (κ3) is 2.01. The zero-order valence-corrected chi connectivity index (χ0v) is 10.8. The molecule has 0 aliphatic carbocycles. The summed E-state index contributed by atoms with van der Waals surface area (Å²) in [5.74, 6) is -1.49. The molecule has 0 amide bonds. The van der Waals surface area contributed by atoms with Gasteiger partial charge in [-0.25, -0.2) is 4.79 Å². The molecule has 0 radical (unpaired) electrons. The Balaban J connectivity index is 2.81. The van der Waals surface area contributed by atoms with Gasteiger partial charge in [-0.15, -0.1) is 0 Å². The molecule has 0 unspecified atom stereocenters. The molecular formula is C13H13NO5. The van der Waals surface area contributed by atoms with Gasteiger partial charge >= 0.3 is 5.97 Å². The number of aromatic nitrogens is 1. The molecule has 0 atom stereocenters. The number of carbonyl (C=O) groups excluding carboxylic acids is 1. The molecule has 0 saturated heterocycles. The fourth-order valence-corrected chi connectivity index (χ4v) is 2.02. The number of fused-ring (bicyclic) bond motifs is 1. The number of carbonyl (C=O) groups is 2. The Labute approximate surface area is 109 Å². The minimum absolute atomic E-state index is 0.101. The predicted molar refractivity (Wildman–Crippen MR) is 68.0 cm³/mol. The van der Waals surface area contributed by atoms with Crippen LogP contribution in [0, 0.1) is 0 Å². The number of hydrogen-bond donors (Lipinski definition) is 1. The number of nitrogens with zero attached hydrogens (tertiary/aromatic N) is 1. The lowest BCUT2D eigenvalue weighted by molar-refractivity contribution is -0.131. The maximum Gasteiger partial charge on any atom is 0.377 e. The second-order valence-electron chi connectivity index (χ2n) is 4.01. The molecular weight excluding hydrogens is 250 g/mol. The van der Waals surface area contributed by atoms with Gasteiger partial charge in [0.2, 0.25) is 0 Å². The van der Waals surface area contributed by atoms with Gasteiger partial charge in [0.05, 0.1) is 30.7 Å². The zero-order chi connectivity index (χ0) is 14.2. The minimum Gasteiger partial charge on any atom is -0.497 e. The van der Waals surface area contributed by atoms with E-state index in [-0.39, 0.29) is 5.56 Å². The highest BCUT2D eigenvalue weighted by atomic mass is 16.5. The van der Waals surface area contributed by atoms with E-state index in [4.69, 9.17) is 14.6 Å². The quantitative estimate of drug-likeness (QED) is 0.667. The predicted octanol–water partition coefficient (Wildman–Crippen LogP) is 1.46. The number of aliphatic carboxylic acids is 1. The zero-order valence-electron chi connectivity index (χ0n) is 10.8. The van der Waals surface area contributed by atoms with Crippen molar-refractivity contribution >= 4 is 22.7 Å². The Bertz CT molecular complexity index is 671. The van der Waals surface area contributed by atoms with Crippen LogP contribution in [-0.2, 0) is 11.8 Å². The summed E-state index contributed by atoms with van der Waals surface area (Å²) in [5, 5.41) is 9.31. The maximum atomic E-state index is 11.7. The van der Waals surface area contributed by atoms with Crippen LogP contribution in [0.1, 0.15) is 10.4 Å². The largest absolute Gasteiger partial charge is 0.497 e. The van der Waals surface area contributed by atoms with E-state index in [0.29, 0.717) is 22.4 Å². The number of Topliss-reactive ketones (excluding diaryl/α,β-unsaturated/α-hetero) is 1. The van der Waals surface area contributed by atoms with E-state index in [1.165, 1.54) is 20.4 Å². The normalized spacial score (nSPS) is 10.5. The van der Waals surface area contributed by atoms with Crippen LogP contribution in [0.4, 0.5) is 0 Å². The number of hydrogen-bond acceptors (Lipinski definition) is 4. The monoisotopic (exact) mass is 263 g/mol. The number of ketones is 1. The average Bonchev–Trinajstić information content (AvgIpc) is 2.74. The van der Waals surface area contributed by atoms with Crippen molar-refractivity contribution in [3.05, 3.63) is 23.9 Å². The fraction of sp³-hybridized carbons (Fsp3) is 0.231. The minimum atomic E-state index is -1.50. The molecule has 1 heterocycles. The van der Waals surface area contributed by atoms with E-state index in [1.54, 1.807) is 23.7 Å². The van der Waals surface area contributed by atoms with Crippen molar-refractivity contribution in [3.8, 4) is 11.5 Å². The molecule has 6 nitrogen and oxygen atoms in total. The van der Waals surface area contributed by atoms with Gasteiger partial charge < -0.3 is 19.1 Å². The Kier molecular flexibility index (Phi) is 3.16. The van der Waals surface area contributed by atoms with Crippen molar-refractivity contribution in [2.24, 2.45) is 7.05 Å². The van der Waals surface area contributed by atoms with Gasteiger partial charge in [-0.05, 0) is 0 Å². The summed E-state index contributed by atoms with van der Waals surface area (Å²) in [6.45, 7) is 0. The van der Waals surface area contributed by atoms with Gasteiger partial charge in [-0.3, -0.25) is 4.79 Å². The summed E-state index contributed by atoms with van der Waals surface area (Å²) in [5.41, 5.74) is 0.769. The van der Waals surface area contributed by atoms with Gasteiger partial charge in [0.1, 0.15) is 11.5 Å². The molecule has 1 N–H and O–H groups in total. The number of rotatable bonds is 4. The molecule has 0 spiro atoms. The average molecular weight is 263 g/mol. The molecule has 0 fully saturated rings. The lowest BCUT2D eigenvalue weighted by atomic mass is 10.1. The van der Waals surface area contributed by atoms with E-state index >= 15 is 0 Å². The van der Waals surface area contributed by atoms with Crippen LogP contribution in [0.3, 0.4) is 0 Å². The Hall–Kier alpha value is -2.50. The van der Waals surface area contributed by atoms with Crippen LogP contribution in [0.25, 0.3) is 10.9 Å².